The Labute approximate surface area is 83.9 Å². The van der Waals surface area contributed by atoms with Gasteiger partial charge in [-0.15, -0.1) is 0 Å². The standard InChI is InChI=1S/C8H20ClOSi2/c1-6-8(7-11(2)9)10-12(3,4)5/h8H,6-7H2,1-5H3. The van der Waals surface area contributed by atoms with Crippen LogP contribution in [0.3, 0.4) is 0 Å². The molecule has 1 unspecified atom stereocenters. The highest BCUT2D eigenvalue weighted by Gasteiger charge is 2.21. The van der Waals surface area contributed by atoms with Crippen molar-refractivity contribution in [3.63, 3.8) is 0 Å². The molecule has 1 radical (unpaired) electrons. The second-order valence-corrected chi connectivity index (χ2v) is 12.3. The van der Waals surface area contributed by atoms with Gasteiger partial charge in [0.2, 0.25) is 0 Å². The first-order valence-corrected chi connectivity index (χ1v) is 11.1. The molecule has 0 fully saturated rings. The maximum Gasteiger partial charge on any atom is 0.184 e. The van der Waals surface area contributed by atoms with Gasteiger partial charge in [-0.3, -0.25) is 0 Å². The van der Waals surface area contributed by atoms with Crippen LogP contribution in [0.2, 0.25) is 32.2 Å². The minimum Gasteiger partial charge on any atom is -0.415 e. The molecule has 0 aliphatic carbocycles. The van der Waals surface area contributed by atoms with E-state index in [1.807, 2.05) is 0 Å². The van der Waals surface area contributed by atoms with Crippen LogP contribution in [0, 0.1) is 0 Å². The van der Waals surface area contributed by atoms with Gasteiger partial charge in [-0.25, -0.2) is 0 Å². The first-order valence-electron chi connectivity index (χ1n) is 4.51. The molecule has 0 aliphatic rings. The summed E-state index contributed by atoms with van der Waals surface area (Å²) < 4.78 is 5.98. The fourth-order valence-electron chi connectivity index (χ4n) is 1.08. The van der Waals surface area contributed by atoms with E-state index in [2.05, 4.69) is 33.1 Å². The molecule has 1 nitrogen and oxygen atoms in total. The van der Waals surface area contributed by atoms with Gasteiger partial charge in [0.25, 0.3) is 0 Å². The molecule has 0 bridgehead atoms. The zero-order chi connectivity index (χ0) is 9.78. The van der Waals surface area contributed by atoms with Gasteiger partial charge in [0.1, 0.15) is 0 Å². The normalized spacial score (nSPS) is 15.2. The molecular weight excluding hydrogens is 204 g/mol. The van der Waals surface area contributed by atoms with Crippen molar-refractivity contribution in [1.82, 2.24) is 0 Å². The summed E-state index contributed by atoms with van der Waals surface area (Å²) in [4.78, 5) is 0. The predicted octanol–water partition coefficient (Wildman–Crippen LogP) is 3.48. The van der Waals surface area contributed by atoms with E-state index in [9.17, 15) is 0 Å². The van der Waals surface area contributed by atoms with Gasteiger partial charge in [-0.1, -0.05) is 13.5 Å². The monoisotopic (exact) mass is 223 g/mol. The number of halogens is 1. The van der Waals surface area contributed by atoms with E-state index >= 15 is 0 Å². The zero-order valence-corrected chi connectivity index (χ0v) is 11.5. The van der Waals surface area contributed by atoms with Gasteiger partial charge in [-0.2, -0.15) is 11.1 Å². The van der Waals surface area contributed by atoms with Gasteiger partial charge in [0.05, 0.1) is 0 Å². The van der Waals surface area contributed by atoms with Crippen molar-refractivity contribution in [1.29, 1.82) is 0 Å². The quantitative estimate of drug-likeness (QED) is 0.513. The third-order valence-corrected chi connectivity index (χ3v) is 4.01. The van der Waals surface area contributed by atoms with E-state index in [1.54, 1.807) is 0 Å². The van der Waals surface area contributed by atoms with E-state index in [1.165, 1.54) is 0 Å². The van der Waals surface area contributed by atoms with Crippen molar-refractivity contribution < 1.29 is 4.43 Å². The summed E-state index contributed by atoms with van der Waals surface area (Å²) in [6.45, 7) is 11.0. The zero-order valence-electron chi connectivity index (χ0n) is 8.78. The fraction of sp³-hybridized carbons (Fsp3) is 1.00. The Hall–Kier alpha value is 0.684. The molecule has 0 aromatic rings. The molecule has 0 amide bonds. The second kappa shape index (κ2) is 5.42. The van der Waals surface area contributed by atoms with Crippen molar-refractivity contribution in [2.75, 3.05) is 0 Å². The van der Waals surface area contributed by atoms with E-state index in [0.717, 1.165) is 12.5 Å². The lowest BCUT2D eigenvalue weighted by Crippen LogP contribution is -2.32. The van der Waals surface area contributed by atoms with Crippen LogP contribution in [0.25, 0.3) is 0 Å². The van der Waals surface area contributed by atoms with Crippen LogP contribution >= 0.6 is 11.1 Å². The third-order valence-electron chi connectivity index (χ3n) is 1.48. The SMILES string of the molecule is CCC(C[Si](C)Cl)O[Si](C)(C)C. The number of hydrogen-bond donors (Lipinski definition) is 0. The third kappa shape index (κ3) is 7.34. The van der Waals surface area contributed by atoms with Gasteiger partial charge < -0.3 is 4.43 Å². The first kappa shape index (κ1) is 12.7. The predicted molar refractivity (Wildman–Crippen MR) is 60.8 cm³/mol. The molecule has 0 saturated heterocycles. The Morgan fingerprint density at radius 3 is 2.17 bits per heavy atom. The molecule has 0 aromatic carbocycles. The van der Waals surface area contributed by atoms with E-state index in [-0.39, 0.29) is 0 Å². The highest BCUT2D eigenvalue weighted by molar-refractivity contribution is 7.06. The summed E-state index contributed by atoms with van der Waals surface area (Å²) in [5.41, 5.74) is 0. The average Bonchev–Trinajstić information content (AvgIpc) is 1.82. The Morgan fingerprint density at radius 2 is 1.92 bits per heavy atom. The largest absolute Gasteiger partial charge is 0.415 e. The highest BCUT2D eigenvalue weighted by Crippen LogP contribution is 2.15. The van der Waals surface area contributed by atoms with Gasteiger partial charge in [-0.05, 0) is 32.1 Å². The summed E-state index contributed by atoms with van der Waals surface area (Å²) in [5, 5.41) is 0. The molecule has 12 heavy (non-hydrogen) atoms. The van der Waals surface area contributed by atoms with Crippen LogP contribution in [0.15, 0.2) is 0 Å². The average molecular weight is 224 g/mol. The summed E-state index contributed by atoms with van der Waals surface area (Å²) >= 11 is 6.02. The maximum atomic E-state index is 6.02. The molecule has 0 saturated carbocycles. The van der Waals surface area contributed by atoms with Crippen LogP contribution in [0.1, 0.15) is 13.3 Å². The first-order chi connectivity index (χ1) is 5.35. The Bertz CT molecular complexity index is 123. The lowest BCUT2D eigenvalue weighted by Gasteiger charge is -2.25. The number of rotatable bonds is 5. The van der Waals surface area contributed by atoms with Crippen LogP contribution in [-0.4, -0.2) is 22.5 Å². The van der Waals surface area contributed by atoms with Crippen LogP contribution < -0.4 is 0 Å². The van der Waals surface area contributed by atoms with Crippen molar-refractivity contribution in [2.45, 2.75) is 51.7 Å². The van der Waals surface area contributed by atoms with E-state index < -0.39 is 16.4 Å². The van der Waals surface area contributed by atoms with Crippen molar-refractivity contribution in [3.05, 3.63) is 0 Å². The lowest BCUT2D eigenvalue weighted by atomic mass is 10.3. The van der Waals surface area contributed by atoms with Crippen molar-refractivity contribution in [3.8, 4) is 0 Å². The van der Waals surface area contributed by atoms with Gasteiger partial charge in [0.15, 0.2) is 16.4 Å². The molecule has 0 spiro atoms. The Morgan fingerprint density at radius 1 is 1.42 bits per heavy atom. The summed E-state index contributed by atoms with van der Waals surface area (Å²) in [6, 6.07) is 1.08. The summed E-state index contributed by atoms with van der Waals surface area (Å²) in [6.07, 6.45) is 1.51. The molecule has 0 N–H and O–H groups in total. The summed E-state index contributed by atoms with van der Waals surface area (Å²) in [7, 11) is -2.00. The molecule has 0 rings (SSSR count). The van der Waals surface area contributed by atoms with Crippen molar-refractivity contribution >= 4 is 27.5 Å². The fourth-order valence-corrected chi connectivity index (χ4v) is 4.02. The van der Waals surface area contributed by atoms with Crippen LogP contribution in [0.4, 0.5) is 0 Å². The minimum absolute atomic E-state index is 0.410. The van der Waals surface area contributed by atoms with Gasteiger partial charge in [0, 0.05) is 6.10 Å². The van der Waals surface area contributed by atoms with Crippen molar-refractivity contribution in [2.24, 2.45) is 0 Å². The molecular formula is C8H20ClOSi2. The highest BCUT2D eigenvalue weighted by atomic mass is 35.6. The molecule has 0 aliphatic heterocycles. The molecule has 4 heteroatoms. The molecule has 0 heterocycles. The maximum absolute atomic E-state index is 6.02. The Balaban J connectivity index is 3.83. The summed E-state index contributed by atoms with van der Waals surface area (Å²) in [5.74, 6) is 0. The second-order valence-electron chi connectivity index (χ2n) is 4.14. The minimum atomic E-state index is -1.35. The molecule has 73 valence electrons. The van der Waals surface area contributed by atoms with Gasteiger partial charge >= 0.3 is 0 Å². The van der Waals surface area contributed by atoms with Crippen LogP contribution in [0.5, 0.6) is 0 Å². The number of hydrogen-bond acceptors (Lipinski definition) is 1. The smallest absolute Gasteiger partial charge is 0.184 e. The Kier molecular flexibility index (Phi) is 5.73. The van der Waals surface area contributed by atoms with E-state index in [4.69, 9.17) is 15.5 Å². The molecule has 0 aromatic heterocycles. The molecule has 1 atom stereocenters. The van der Waals surface area contributed by atoms with Crippen LogP contribution in [-0.2, 0) is 4.43 Å². The van der Waals surface area contributed by atoms with E-state index in [0.29, 0.717) is 6.10 Å². The lowest BCUT2D eigenvalue weighted by molar-refractivity contribution is 0.209. The topological polar surface area (TPSA) is 9.23 Å².